The quantitative estimate of drug-likeness (QED) is 0.669. The first-order chi connectivity index (χ1) is 13.7. The summed E-state index contributed by atoms with van der Waals surface area (Å²) in [5.41, 5.74) is 3.99. The van der Waals surface area contributed by atoms with Crippen molar-refractivity contribution in [2.24, 2.45) is 0 Å². The van der Waals surface area contributed by atoms with Crippen molar-refractivity contribution in [2.75, 3.05) is 26.2 Å². The molecule has 4 rings (SSSR count). The van der Waals surface area contributed by atoms with Crippen LogP contribution in [0.4, 0.5) is 0 Å². The smallest absolute Gasteiger partial charge is 0.188 e. The summed E-state index contributed by atoms with van der Waals surface area (Å²) in [7, 11) is 0. The zero-order chi connectivity index (χ0) is 19.5. The maximum atomic E-state index is 11.5. The molecule has 0 spiro atoms. The van der Waals surface area contributed by atoms with Crippen LogP contribution in [-0.4, -0.2) is 51.6 Å². The van der Waals surface area contributed by atoms with E-state index in [0.717, 1.165) is 17.8 Å². The highest BCUT2D eigenvalue weighted by atomic mass is 16.3. The summed E-state index contributed by atoms with van der Waals surface area (Å²) in [4.78, 5) is 18.8. The highest BCUT2D eigenvalue weighted by molar-refractivity contribution is 5.96. The van der Waals surface area contributed by atoms with Crippen LogP contribution in [0.25, 0.3) is 11.0 Å². The number of fused-ring (bicyclic) bond motifs is 1. The summed E-state index contributed by atoms with van der Waals surface area (Å²) in [6, 6.07) is 11.8. The molecule has 0 radical (unpaired) electrons. The SMILES string of the molecule is CCN1CCC(c2cnc3c(ccn3Cc3ccc(C(=O)CO)cc3)c2)CC1. The Morgan fingerprint density at radius 2 is 1.93 bits per heavy atom. The highest BCUT2D eigenvalue weighted by Crippen LogP contribution is 2.29. The number of rotatable bonds is 6. The molecule has 0 aliphatic carbocycles. The van der Waals surface area contributed by atoms with Gasteiger partial charge >= 0.3 is 0 Å². The Morgan fingerprint density at radius 1 is 1.18 bits per heavy atom. The summed E-state index contributed by atoms with van der Waals surface area (Å²) >= 11 is 0. The number of piperidine rings is 1. The van der Waals surface area contributed by atoms with E-state index in [1.807, 2.05) is 18.3 Å². The van der Waals surface area contributed by atoms with Crippen LogP contribution in [0.1, 0.15) is 47.2 Å². The highest BCUT2D eigenvalue weighted by Gasteiger charge is 2.20. The molecule has 28 heavy (non-hydrogen) atoms. The molecule has 146 valence electrons. The first-order valence-electron chi connectivity index (χ1n) is 10.1. The molecule has 0 unspecified atom stereocenters. The summed E-state index contributed by atoms with van der Waals surface area (Å²) < 4.78 is 2.14. The molecule has 1 aromatic carbocycles. The Kier molecular flexibility index (Phi) is 5.55. The zero-order valence-corrected chi connectivity index (χ0v) is 16.3. The van der Waals surface area contributed by atoms with Crippen molar-refractivity contribution in [1.29, 1.82) is 0 Å². The third-order valence-electron chi connectivity index (χ3n) is 5.90. The molecule has 1 aliphatic rings. The summed E-state index contributed by atoms with van der Waals surface area (Å²) in [6.45, 7) is 5.98. The Hall–Kier alpha value is -2.50. The van der Waals surface area contributed by atoms with Crippen molar-refractivity contribution < 1.29 is 9.90 Å². The molecular formula is C23H27N3O2. The second kappa shape index (κ2) is 8.25. The molecule has 1 N–H and O–H groups in total. The van der Waals surface area contributed by atoms with Crippen LogP contribution < -0.4 is 0 Å². The van der Waals surface area contributed by atoms with Crippen LogP contribution in [0.15, 0.2) is 48.8 Å². The molecule has 0 atom stereocenters. The molecule has 0 saturated carbocycles. The minimum Gasteiger partial charge on any atom is -0.388 e. The molecule has 3 aromatic rings. The molecule has 1 fully saturated rings. The maximum absolute atomic E-state index is 11.5. The number of Topliss-reactive ketones (excluding diaryl/α,β-unsaturated/α-hetero) is 1. The molecule has 0 amide bonds. The second-order valence-electron chi connectivity index (χ2n) is 7.61. The molecule has 2 aromatic heterocycles. The first kappa shape index (κ1) is 18.8. The van der Waals surface area contributed by atoms with Gasteiger partial charge in [0.15, 0.2) is 5.78 Å². The van der Waals surface area contributed by atoms with E-state index in [1.165, 1.54) is 36.9 Å². The number of ketones is 1. The normalized spacial score (nSPS) is 15.9. The van der Waals surface area contributed by atoms with Crippen molar-refractivity contribution in [3.8, 4) is 0 Å². The van der Waals surface area contributed by atoms with Crippen LogP contribution in [0.3, 0.4) is 0 Å². The van der Waals surface area contributed by atoms with E-state index in [2.05, 4.69) is 34.7 Å². The van der Waals surface area contributed by atoms with Gasteiger partial charge in [-0.25, -0.2) is 4.98 Å². The lowest BCUT2D eigenvalue weighted by Crippen LogP contribution is -2.32. The number of aliphatic hydroxyl groups excluding tert-OH is 1. The van der Waals surface area contributed by atoms with Gasteiger partial charge < -0.3 is 14.6 Å². The number of hydrogen-bond donors (Lipinski definition) is 1. The standard InChI is InChI=1S/C23H27N3O2/c1-2-25-10-7-18(8-11-25)21-13-20-9-12-26(23(20)24-14-21)15-17-3-5-19(6-4-17)22(28)16-27/h3-6,9,12-14,18,27H,2,7-8,10-11,15-16H2,1H3. The number of nitrogens with zero attached hydrogens (tertiary/aromatic N) is 3. The predicted octanol–water partition coefficient (Wildman–Crippen LogP) is 3.46. The van der Waals surface area contributed by atoms with Crippen molar-refractivity contribution in [3.05, 3.63) is 65.5 Å². The molecule has 3 heterocycles. The zero-order valence-electron chi connectivity index (χ0n) is 16.3. The molecule has 5 nitrogen and oxygen atoms in total. The number of carbonyl (C=O) groups is 1. The third kappa shape index (κ3) is 3.86. The monoisotopic (exact) mass is 377 g/mol. The van der Waals surface area contributed by atoms with Crippen molar-refractivity contribution in [2.45, 2.75) is 32.2 Å². The van der Waals surface area contributed by atoms with Crippen molar-refractivity contribution in [1.82, 2.24) is 14.5 Å². The van der Waals surface area contributed by atoms with Gasteiger partial charge in [-0.3, -0.25) is 4.79 Å². The van der Waals surface area contributed by atoms with E-state index >= 15 is 0 Å². The molecule has 1 aliphatic heterocycles. The van der Waals surface area contributed by atoms with Crippen LogP contribution in [0.2, 0.25) is 0 Å². The minimum absolute atomic E-state index is 0.253. The summed E-state index contributed by atoms with van der Waals surface area (Å²) in [5, 5.41) is 10.1. The lowest BCUT2D eigenvalue weighted by Gasteiger charge is -2.31. The largest absolute Gasteiger partial charge is 0.388 e. The number of aliphatic hydroxyl groups is 1. The van der Waals surface area contributed by atoms with E-state index in [0.29, 0.717) is 18.0 Å². The van der Waals surface area contributed by atoms with Gasteiger partial charge in [0.05, 0.1) is 0 Å². The fraction of sp³-hybridized carbons (Fsp3) is 0.391. The van der Waals surface area contributed by atoms with E-state index in [-0.39, 0.29) is 5.78 Å². The summed E-state index contributed by atoms with van der Waals surface area (Å²) in [5.74, 6) is 0.358. The lowest BCUT2D eigenvalue weighted by molar-refractivity contribution is 0.0903. The average molecular weight is 377 g/mol. The Bertz CT molecular complexity index is 954. The van der Waals surface area contributed by atoms with Gasteiger partial charge in [0, 0.05) is 29.9 Å². The minimum atomic E-state index is -0.453. The van der Waals surface area contributed by atoms with E-state index in [9.17, 15) is 4.79 Å². The fourth-order valence-electron chi connectivity index (χ4n) is 4.11. The van der Waals surface area contributed by atoms with Crippen LogP contribution in [-0.2, 0) is 6.54 Å². The summed E-state index contributed by atoms with van der Waals surface area (Å²) in [6.07, 6.45) is 6.54. The Labute approximate surface area is 165 Å². The van der Waals surface area contributed by atoms with E-state index in [4.69, 9.17) is 10.1 Å². The third-order valence-corrected chi connectivity index (χ3v) is 5.90. The number of aromatic nitrogens is 2. The molecule has 0 bridgehead atoms. The Morgan fingerprint density at radius 3 is 2.61 bits per heavy atom. The first-order valence-corrected chi connectivity index (χ1v) is 10.1. The van der Waals surface area contributed by atoms with Gasteiger partial charge in [-0.2, -0.15) is 0 Å². The topological polar surface area (TPSA) is 58.4 Å². The van der Waals surface area contributed by atoms with Gasteiger partial charge in [0.1, 0.15) is 12.3 Å². The van der Waals surface area contributed by atoms with E-state index in [1.54, 1.807) is 12.1 Å². The molecule has 5 heteroatoms. The fourth-order valence-corrected chi connectivity index (χ4v) is 4.11. The molecular weight excluding hydrogens is 350 g/mol. The van der Waals surface area contributed by atoms with Gasteiger partial charge in [-0.1, -0.05) is 31.2 Å². The maximum Gasteiger partial charge on any atom is 0.188 e. The number of hydrogen-bond acceptors (Lipinski definition) is 4. The van der Waals surface area contributed by atoms with Crippen LogP contribution in [0, 0.1) is 0 Å². The number of likely N-dealkylation sites (tertiary alicyclic amines) is 1. The molecule has 1 saturated heterocycles. The predicted molar refractivity (Wildman–Crippen MR) is 111 cm³/mol. The van der Waals surface area contributed by atoms with Gasteiger partial charge in [0.25, 0.3) is 0 Å². The van der Waals surface area contributed by atoms with E-state index < -0.39 is 6.61 Å². The van der Waals surface area contributed by atoms with Crippen LogP contribution >= 0.6 is 0 Å². The second-order valence-corrected chi connectivity index (χ2v) is 7.61. The Balaban J connectivity index is 1.49. The number of carbonyl (C=O) groups excluding carboxylic acids is 1. The number of pyridine rings is 1. The number of benzene rings is 1. The van der Waals surface area contributed by atoms with Crippen molar-refractivity contribution >= 4 is 16.8 Å². The van der Waals surface area contributed by atoms with Gasteiger partial charge in [-0.05, 0) is 61.7 Å². The van der Waals surface area contributed by atoms with Crippen LogP contribution in [0.5, 0.6) is 0 Å². The average Bonchev–Trinajstić information content (AvgIpc) is 3.15. The van der Waals surface area contributed by atoms with Gasteiger partial charge in [0.2, 0.25) is 0 Å². The lowest BCUT2D eigenvalue weighted by atomic mass is 9.90. The van der Waals surface area contributed by atoms with Gasteiger partial charge in [-0.15, -0.1) is 0 Å². The van der Waals surface area contributed by atoms with Crippen molar-refractivity contribution in [3.63, 3.8) is 0 Å².